The first-order valence-corrected chi connectivity index (χ1v) is 12.5. The van der Waals surface area contributed by atoms with E-state index in [1.165, 1.54) is 11.1 Å². The molecule has 0 radical (unpaired) electrons. The highest BCUT2D eigenvalue weighted by atomic mass is 16.2. The van der Waals surface area contributed by atoms with Gasteiger partial charge in [-0.25, -0.2) is 4.98 Å². The largest absolute Gasteiger partial charge is 0.357 e. The number of anilines is 2. The lowest BCUT2D eigenvalue weighted by Gasteiger charge is -2.38. The molecule has 0 spiro atoms. The van der Waals surface area contributed by atoms with Gasteiger partial charge >= 0.3 is 0 Å². The molecule has 2 N–H and O–H groups in total. The number of rotatable bonds is 8. The number of aryl methyl sites for hydroxylation is 1. The van der Waals surface area contributed by atoms with Crippen LogP contribution in [0.25, 0.3) is 0 Å². The fraction of sp³-hybridized carbons (Fsp3) is 0.345. The van der Waals surface area contributed by atoms with Gasteiger partial charge in [-0.1, -0.05) is 67.1 Å². The Morgan fingerprint density at radius 1 is 1.03 bits per heavy atom. The van der Waals surface area contributed by atoms with Crippen molar-refractivity contribution >= 4 is 23.3 Å². The fourth-order valence-electron chi connectivity index (χ4n) is 4.51. The molecular weight excluding hydrogens is 450 g/mol. The second kappa shape index (κ2) is 11.4. The van der Waals surface area contributed by atoms with Crippen molar-refractivity contribution in [3.05, 3.63) is 89.6 Å². The fourth-order valence-corrected chi connectivity index (χ4v) is 4.51. The number of aromatic nitrogens is 1. The van der Waals surface area contributed by atoms with Gasteiger partial charge in [0.15, 0.2) is 0 Å². The first-order chi connectivity index (χ1) is 17.3. The smallest absolute Gasteiger partial charge is 0.247 e. The predicted molar refractivity (Wildman–Crippen MR) is 144 cm³/mol. The minimum Gasteiger partial charge on any atom is -0.357 e. The van der Waals surface area contributed by atoms with Crippen LogP contribution in [0.5, 0.6) is 0 Å². The zero-order valence-corrected chi connectivity index (χ0v) is 21.4. The molecule has 0 unspecified atom stereocenters. The zero-order chi connectivity index (χ0) is 25.7. The average Bonchev–Trinajstić information content (AvgIpc) is 2.89. The Kier molecular flexibility index (Phi) is 8.00. The molecule has 3 aromatic rings. The number of carbonyl (C=O) groups is 2. The van der Waals surface area contributed by atoms with Crippen LogP contribution in [0, 0.1) is 6.92 Å². The van der Waals surface area contributed by atoms with Crippen molar-refractivity contribution in [1.82, 2.24) is 15.2 Å². The summed E-state index contributed by atoms with van der Waals surface area (Å²) in [6, 6.07) is 21.2. The number of pyridine rings is 1. The quantitative estimate of drug-likeness (QED) is 0.502. The van der Waals surface area contributed by atoms with Crippen molar-refractivity contribution < 1.29 is 9.59 Å². The maximum Gasteiger partial charge on any atom is 0.247 e. The molecule has 1 aromatic heterocycles. The van der Waals surface area contributed by atoms with E-state index in [0.717, 1.165) is 17.8 Å². The Hall–Kier alpha value is -3.71. The van der Waals surface area contributed by atoms with Gasteiger partial charge in [0.2, 0.25) is 11.8 Å². The number of benzene rings is 2. The molecule has 1 saturated heterocycles. The van der Waals surface area contributed by atoms with Crippen LogP contribution < -0.4 is 15.5 Å². The number of carbonyl (C=O) groups excluding carboxylic acids is 2. The highest BCUT2D eigenvalue weighted by Gasteiger charge is 2.29. The van der Waals surface area contributed by atoms with Gasteiger partial charge in [-0.2, -0.15) is 0 Å². The Balaban J connectivity index is 1.44. The van der Waals surface area contributed by atoms with E-state index in [2.05, 4.69) is 53.7 Å². The van der Waals surface area contributed by atoms with Crippen molar-refractivity contribution in [2.45, 2.75) is 38.8 Å². The lowest BCUT2D eigenvalue weighted by atomic mass is 9.98. The van der Waals surface area contributed by atoms with E-state index in [4.69, 9.17) is 0 Å². The van der Waals surface area contributed by atoms with Crippen LogP contribution in [0.3, 0.4) is 0 Å². The average molecular weight is 486 g/mol. The van der Waals surface area contributed by atoms with Crippen molar-refractivity contribution in [2.75, 3.05) is 36.9 Å². The molecule has 1 aliphatic heterocycles. The molecule has 188 valence electrons. The van der Waals surface area contributed by atoms with Gasteiger partial charge in [0.1, 0.15) is 17.9 Å². The van der Waals surface area contributed by atoms with Crippen molar-refractivity contribution in [3.63, 3.8) is 0 Å². The summed E-state index contributed by atoms with van der Waals surface area (Å²) in [5.41, 5.74) is 4.22. The Bertz CT molecular complexity index is 1160. The molecule has 0 saturated carbocycles. The van der Waals surface area contributed by atoms with Crippen molar-refractivity contribution in [1.29, 1.82) is 0 Å². The Morgan fingerprint density at radius 2 is 1.75 bits per heavy atom. The van der Waals surface area contributed by atoms with Crippen molar-refractivity contribution in [2.24, 2.45) is 0 Å². The summed E-state index contributed by atoms with van der Waals surface area (Å²) in [7, 11) is 1.83. The minimum atomic E-state index is -0.518. The van der Waals surface area contributed by atoms with Crippen LogP contribution in [0.15, 0.2) is 72.9 Å². The molecule has 3 atom stereocenters. The van der Waals surface area contributed by atoms with Crippen LogP contribution in [0.4, 0.5) is 11.5 Å². The number of hydrogen-bond acceptors (Lipinski definition) is 5. The van der Waals surface area contributed by atoms with Crippen LogP contribution in [0.1, 0.15) is 42.5 Å². The molecule has 7 heteroatoms. The molecule has 2 amide bonds. The molecular formula is C29H35N5O2. The van der Waals surface area contributed by atoms with E-state index in [-0.39, 0.29) is 23.8 Å². The molecule has 0 bridgehead atoms. The lowest BCUT2D eigenvalue weighted by Crippen LogP contribution is -2.54. The first kappa shape index (κ1) is 25.4. The van der Waals surface area contributed by atoms with Gasteiger partial charge in [-0.3, -0.25) is 9.59 Å². The molecule has 36 heavy (non-hydrogen) atoms. The minimum absolute atomic E-state index is 0.0928. The third kappa shape index (κ3) is 5.91. The molecule has 1 aliphatic rings. The van der Waals surface area contributed by atoms with Gasteiger partial charge in [-0.15, -0.1) is 0 Å². The molecule has 4 rings (SSSR count). The summed E-state index contributed by atoms with van der Waals surface area (Å²) >= 11 is 0. The highest BCUT2D eigenvalue weighted by molar-refractivity contribution is 5.95. The normalized spacial score (nSPS) is 17.6. The predicted octanol–water partition coefficient (Wildman–Crippen LogP) is 4.13. The number of likely N-dealkylation sites (N-methyl/N-ethyl adjacent to an activating group) is 1. The van der Waals surface area contributed by atoms with Crippen LogP contribution in [-0.4, -0.2) is 54.4 Å². The number of hydrogen-bond donors (Lipinski definition) is 2. The maximum atomic E-state index is 13.4. The van der Waals surface area contributed by atoms with E-state index in [9.17, 15) is 9.59 Å². The highest BCUT2D eigenvalue weighted by Crippen LogP contribution is 2.23. The lowest BCUT2D eigenvalue weighted by molar-refractivity contribution is -0.132. The summed E-state index contributed by atoms with van der Waals surface area (Å²) in [6.07, 6.45) is 1.72. The van der Waals surface area contributed by atoms with Crippen LogP contribution in [-0.2, 0) is 9.59 Å². The van der Waals surface area contributed by atoms with Gasteiger partial charge < -0.3 is 20.4 Å². The molecule has 0 aliphatic carbocycles. The zero-order valence-electron chi connectivity index (χ0n) is 21.4. The second-order valence-electron chi connectivity index (χ2n) is 9.58. The molecule has 7 nitrogen and oxygen atoms in total. The summed E-state index contributed by atoms with van der Waals surface area (Å²) in [4.78, 5) is 34.0. The third-order valence-electron chi connectivity index (χ3n) is 6.88. The standard InChI is InChI=1S/C29H35N5O2/c1-20-10-12-23(13-11-20)21(2)18-31-27(24-8-6-5-7-9-24)28(35)32-26-15-14-25(19-30-26)34-17-16-33(4)29(36)22(34)3/h5-15,19,21-22,27,31H,16-18H2,1-4H3,(H,30,32,35)/t21-,22-,27+/m1/s1. The Labute approximate surface area is 213 Å². The monoisotopic (exact) mass is 485 g/mol. The summed E-state index contributed by atoms with van der Waals surface area (Å²) < 4.78 is 0. The summed E-state index contributed by atoms with van der Waals surface area (Å²) in [5, 5.41) is 6.42. The first-order valence-electron chi connectivity index (χ1n) is 12.5. The Morgan fingerprint density at radius 3 is 2.42 bits per heavy atom. The summed E-state index contributed by atoms with van der Waals surface area (Å²) in [5.74, 6) is 0.650. The van der Waals surface area contributed by atoms with E-state index >= 15 is 0 Å². The van der Waals surface area contributed by atoms with E-state index in [1.807, 2.05) is 55.3 Å². The molecule has 2 aromatic carbocycles. The van der Waals surface area contributed by atoms with Gasteiger partial charge in [0.05, 0.1) is 11.9 Å². The number of piperazine rings is 1. The number of amides is 2. The maximum absolute atomic E-state index is 13.4. The van der Waals surface area contributed by atoms with Gasteiger partial charge in [0, 0.05) is 26.7 Å². The van der Waals surface area contributed by atoms with Gasteiger partial charge in [0.25, 0.3) is 0 Å². The van der Waals surface area contributed by atoms with Gasteiger partial charge in [-0.05, 0) is 43.0 Å². The van der Waals surface area contributed by atoms with Crippen LogP contribution in [0.2, 0.25) is 0 Å². The van der Waals surface area contributed by atoms with E-state index in [1.54, 1.807) is 17.2 Å². The molecule has 2 heterocycles. The molecule has 1 fully saturated rings. The van der Waals surface area contributed by atoms with E-state index in [0.29, 0.717) is 18.9 Å². The summed E-state index contributed by atoms with van der Waals surface area (Å²) in [6.45, 7) is 8.21. The second-order valence-corrected chi connectivity index (χ2v) is 9.58. The topological polar surface area (TPSA) is 77.6 Å². The SMILES string of the molecule is Cc1ccc([C@H](C)CN[C@H](C(=O)Nc2ccc(N3CCN(C)C(=O)[C@H]3C)cn2)c2ccccc2)cc1. The third-order valence-corrected chi connectivity index (χ3v) is 6.88. The van der Waals surface area contributed by atoms with E-state index < -0.39 is 6.04 Å². The van der Waals surface area contributed by atoms with Crippen molar-refractivity contribution in [3.8, 4) is 0 Å². The number of nitrogens with zero attached hydrogens (tertiary/aromatic N) is 3. The van der Waals surface area contributed by atoms with Crippen LogP contribution >= 0.6 is 0 Å². The number of nitrogens with one attached hydrogen (secondary N) is 2.